The van der Waals surface area contributed by atoms with Crippen molar-refractivity contribution in [2.45, 2.75) is 65.1 Å². The lowest BCUT2D eigenvalue weighted by Crippen LogP contribution is -2.41. The standard InChI is InChI=1S/C30H33BO2/c1-28(2,3)27-22-16-10-8-14-20(22)26(21-15-9-11-17-23(21)27)24-18-12-13-19-25(24)31-32-29(4,5)30(6,7)33-31/h8-19H,1-7H3. The van der Waals surface area contributed by atoms with Gasteiger partial charge in [0.05, 0.1) is 11.2 Å². The summed E-state index contributed by atoms with van der Waals surface area (Å²) in [6.07, 6.45) is 0. The van der Waals surface area contributed by atoms with E-state index in [1.54, 1.807) is 0 Å². The summed E-state index contributed by atoms with van der Waals surface area (Å²) in [6.45, 7) is 15.4. The zero-order valence-corrected chi connectivity index (χ0v) is 20.8. The van der Waals surface area contributed by atoms with E-state index >= 15 is 0 Å². The predicted octanol–water partition coefficient (Wildman–Crippen LogP) is 7.26. The first-order chi connectivity index (χ1) is 15.5. The summed E-state index contributed by atoms with van der Waals surface area (Å²) < 4.78 is 13.0. The Labute approximate surface area is 198 Å². The molecule has 1 saturated heterocycles. The van der Waals surface area contributed by atoms with E-state index in [1.807, 2.05) is 0 Å². The van der Waals surface area contributed by atoms with Gasteiger partial charge in [0.2, 0.25) is 0 Å². The van der Waals surface area contributed by atoms with Gasteiger partial charge >= 0.3 is 7.12 Å². The Hall–Kier alpha value is -2.62. The number of rotatable bonds is 2. The third-order valence-corrected chi connectivity index (χ3v) is 7.42. The lowest BCUT2D eigenvalue weighted by atomic mass is 9.72. The molecule has 1 heterocycles. The van der Waals surface area contributed by atoms with E-state index in [2.05, 4.69) is 121 Å². The Bertz CT molecular complexity index is 1290. The molecule has 0 amide bonds. The lowest BCUT2D eigenvalue weighted by molar-refractivity contribution is 0.00578. The third-order valence-electron chi connectivity index (χ3n) is 7.42. The number of fused-ring (bicyclic) bond motifs is 2. The summed E-state index contributed by atoms with van der Waals surface area (Å²) in [4.78, 5) is 0. The van der Waals surface area contributed by atoms with Crippen LogP contribution in [0.25, 0.3) is 32.7 Å². The number of benzene rings is 4. The zero-order valence-electron chi connectivity index (χ0n) is 20.8. The Balaban J connectivity index is 1.86. The fourth-order valence-electron chi connectivity index (χ4n) is 5.13. The van der Waals surface area contributed by atoms with Gasteiger partial charge in [0.1, 0.15) is 0 Å². The van der Waals surface area contributed by atoms with Crippen LogP contribution in [-0.2, 0) is 14.7 Å². The maximum atomic E-state index is 6.49. The first-order valence-corrected chi connectivity index (χ1v) is 11.9. The molecule has 1 aliphatic heterocycles. The van der Waals surface area contributed by atoms with Crippen molar-refractivity contribution in [1.29, 1.82) is 0 Å². The minimum absolute atomic E-state index is 0.0168. The molecule has 5 rings (SSSR count). The van der Waals surface area contributed by atoms with Gasteiger partial charge in [-0.15, -0.1) is 0 Å². The Morgan fingerprint density at radius 2 is 1.03 bits per heavy atom. The molecular formula is C30H33BO2. The van der Waals surface area contributed by atoms with Crippen LogP contribution >= 0.6 is 0 Å². The molecule has 0 atom stereocenters. The molecule has 0 radical (unpaired) electrons. The van der Waals surface area contributed by atoms with E-state index in [4.69, 9.17) is 9.31 Å². The molecule has 168 valence electrons. The SMILES string of the molecule is CC(C)(C)c1c2ccccc2c(-c2ccccc2B2OC(C)(C)C(C)(C)O2)c2ccccc12. The van der Waals surface area contributed by atoms with Crippen LogP contribution in [0.1, 0.15) is 54.0 Å². The van der Waals surface area contributed by atoms with Gasteiger partial charge in [-0.3, -0.25) is 0 Å². The van der Waals surface area contributed by atoms with Crippen molar-refractivity contribution < 1.29 is 9.31 Å². The quantitative estimate of drug-likeness (QED) is 0.243. The molecule has 1 aliphatic rings. The molecule has 3 heteroatoms. The van der Waals surface area contributed by atoms with Crippen LogP contribution in [0.3, 0.4) is 0 Å². The minimum Gasteiger partial charge on any atom is -0.399 e. The Morgan fingerprint density at radius 3 is 1.52 bits per heavy atom. The molecule has 4 aromatic rings. The van der Waals surface area contributed by atoms with Crippen molar-refractivity contribution in [3.05, 3.63) is 78.4 Å². The van der Waals surface area contributed by atoms with Crippen molar-refractivity contribution in [2.75, 3.05) is 0 Å². The molecule has 0 bridgehead atoms. The monoisotopic (exact) mass is 436 g/mol. The third kappa shape index (κ3) is 3.50. The molecule has 2 nitrogen and oxygen atoms in total. The topological polar surface area (TPSA) is 18.5 Å². The Kier molecular flexibility index (Phi) is 5.01. The van der Waals surface area contributed by atoms with Crippen molar-refractivity contribution in [3.63, 3.8) is 0 Å². The molecular weight excluding hydrogens is 403 g/mol. The van der Waals surface area contributed by atoms with Gasteiger partial charge in [-0.2, -0.15) is 0 Å². The molecule has 0 unspecified atom stereocenters. The summed E-state index contributed by atoms with van der Waals surface area (Å²) in [5, 5.41) is 5.15. The fourth-order valence-corrected chi connectivity index (χ4v) is 5.13. The van der Waals surface area contributed by atoms with E-state index in [1.165, 1.54) is 38.2 Å². The van der Waals surface area contributed by atoms with Gasteiger partial charge in [-0.1, -0.05) is 93.6 Å². The second-order valence-corrected chi connectivity index (χ2v) is 11.3. The van der Waals surface area contributed by atoms with Crippen LogP contribution in [0.4, 0.5) is 0 Å². The van der Waals surface area contributed by atoms with Gasteiger partial charge < -0.3 is 9.31 Å². The molecule has 0 saturated carbocycles. The smallest absolute Gasteiger partial charge is 0.399 e. The van der Waals surface area contributed by atoms with Crippen molar-refractivity contribution in [2.24, 2.45) is 0 Å². The van der Waals surface area contributed by atoms with Crippen LogP contribution in [0, 0.1) is 0 Å². The fraction of sp³-hybridized carbons (Fsp3) is 0.333. The van der Waals surface area contributed by atoms with E-state index in [-0.39, 0.29) is 16.6 Å². The summed E-state index contributed by atoms with van der Waals surface area (Å²) in [5.74, 6) is 0. The highest BCUT2D eigenvalue weighted by atomic mass is 16.7. The largest absolute Gasteiger partial charge is 0.495 e. The summed E-state index contributed by atoms with van der Waals surface area (Å²) in [7, 11) is -0.411. The van der Waals surface area contributed by atoms with Crippen LogP contribution in [0.5, 0.6) is 0 Å². The second-order valence-electron chi connectivity index (χ2n) is 11.3. The summed E-state index contributed by atoms with van der Waals surface area (Å²) in [6, 6.07) is 26.2. The summed E-state index contributed by atoms with van der Waals surface area (Å²) >= 11 is 0. The molecule has 0 aliphatic carbocycles. The predicted molar refractivity (Wildman–Crippen MR) is 141 cm³/mol. The van der Waals surface area contributed by atoms with Gasteiger partial charge in [0, 0.05) is 0 Å². The highest BCUT2D eigenvalue weighted by Crippen LogP contribution is 2.44. The van der Waals surface area contributed by atoms with Gasteiger partial charge in [0.15, 0.2) is 0 Å². The first kappa shape index (κ1) is 22.2. The number of hydrogen-bond donors (Lipinski definition) is 0. The molecule has 1 fully saturated rings. The maximum absolute atomic E-state index is 6.49. The van der Waals surface area contributed by atoms with Crippen LogP contribution < -0.4 is 5.46 Å². The molecule has 4 aromatic carbocycles. The van der Waals surface area contributed by atoms with E-state index in [9.17, 15) is 0 Å². The van der Waals surface area contributed by atoms with E-state index < -0.39 is 7.12 Å². The van der Waals surface area contributed by atoms with Crippen molar-refractivity contribution in [1.82, 2.24) is 0 Å². The normalized spacial score (nSPS) is 17.7. The van der Waals surface area contributed by atoms with Crippen molar-refractivity contribution in [3.8, 4) is 11.1 Å². The first-order valence-electron chi connectivity index (χ1n) is 11.9. The van der Waals surface area contributed by atoms with Crippen LogP contribution in [0.2, 0.25) is 0 Å². The molecule has 0 N–H and O–H groups in total. The zero-order chi connectivity index (χ0) is 23.6. The maximum Gasteiger partial charge on any atom is 0.495 e. The van der Waals surface area contributed by atoms with Gasteiger partial charge in [-0.25, -0.2) is 0 Å². The van der Waals surface area contributed by atoms with Crippen molar-refractivity contribution >= 4 is 34.1 Å². The van der Waals surface area contributed by atoms with E-state index in [0.29, 0.717) is 0 Å². The molecule has 0 spiro atoms. The summed E-state index contributed by atoms with van der Waals surface area (Å²) in [5.41, 5.74) is 4.14. The Morgan fingerprint density at radius 1 is 0.606 bits per heavy atom. The average Bonchev–Trinajstić information content (AvgIpc) is 2.97. The molecule has 33 heavy (non-hydrogen) atoms. The minimum atomic E-state index is -0.411. The van der Waals surface area contributed by atoms with E-state index in [0.717, 1.165) is 5.46 Å². The average molecular weight is 436 g/mol. The van der Waals surface area contributed by atoms with Gasteiger partial charge in [-0.05, 0) is 76.8 Å². The molecule has 0 aromatic heterocycles. The lowest BCUT2D eigenvalue weighted by Gasteiger charge is -2.32. The van der Waals surface area contributed by atoms with Crippen LogP contribution in [-0.4, -0.2) is 18.3 Å². The van der Waals surface area contributed by atoms with Gasteiger partial charge in [0.25, 0.3) is 0 Å². The second kappa shape index (κ2) is 7.45. The number of hydrogen-bond acceptors (Lipinski definition) is 2. The van der Waals surface area contributed by atoms with Crippen LogP contribution in [0.15, 0.2) is 72.8 Å². The highest BCUT2D eigenvalue weighted by Gasteiger charge is 2.52. The highest BCUT2D eigenvalue weighted by molar-refractivity contribution is 6.64.